The smallest absolute Gasteiger partial charge is 0.222 e. The zero-order chi connectivity index (χ0) is 19.1. The van der Waals surface area contributed by atoms with E-state index in [0.717, 1.165) is 37.3 Å². The number of hydrogen-bond acceptors (Lipinski definition) is 3. The highest BCUT2D eigenvalue weighted by Gasteiger charge is 2.25. The van der Waals surface area contributed by atoms with E-state index in [1.807, 2.05) is 11.9 Å². The van der Waals surface area contributed by atoms with Crippen molar-refractivity contribution in [3.8, 4) is 0 Å². The molecule has 0 spiro atoms. The van der Waals surface area contributed by atoms with Crippen LogP contribution in [0.3, 0.4) is 0 Å². The van der Waals surface area contributed by atoms with Crippen molar-refractivity contribution < 1.29 is 4.79 Å². The maximum absolute atomic E-state index is 11.8. The van der Waals surface area contributed by atoms with Crippen LogP contribution >= 0.6 is 11.8 Å². The molecule has 1 aromatic carbocycles. The number of amides is 1. The van der Waals surface area contributed by atoms with Gasteiger partial charge in [-0.15, -0.1) is 0 Å². The lowest BCUT2D eigenvalue weighted by molar-refractivity contribution is -0.128. The van der Waals surface area contributed by atoms with Crippen molar-refractivity contribution in [1.29, 1.82) is 0 Å². The molecule has 1 saturated carbocycles. The van der Waals surface area contributed by atoms with E-state index in [-0.39, 0.29) is 5.91 Å². The quantitative estimate of drug-likeness (QED) is 0.557. The highest BCUT2D eigenvalue weighted by molar-refractivity contribution is 7.99. The number of likely N-dealkylation sites (tertiary alicyclic amines) is 1. The van der Waals surface area contributed by atoms with Crippen LogP contribution in [0, 0.1) is 0 Å². The first-order valence-electron chi connectivity index (χ1n) is 10.1. The summed E-state index contributed by atoms with van der Waals surface area (Å²) in [6.45, 7) is 4.58. The summed E-state index contributed by atoms with van der Waals surface area (Å²) >= 11 is 2.07. The van der Waals surface area contributed by atoms with Crippen LogP contribution in [0.1, 0.15) is 50.2 Å². The molecule has 1 amide bonds. The third-order valence-corrected chi connectivity index (χ3v) is 6.58. The molecule has 27 heavy (non-hydrogen) atoms. The molecule has 0 aromatic heterocycles. The molecule has 1 aromatic rings. The Morgan fingerprint density at radius 3 is 2.93 bits per heavy atom. The molecule has 3 rings (SSSR count). The number of carbonyl (C=O) groups is 1. The standard InChI is InChI=1S/C21H32N4OS/c1-3-27-19-10-9-18(13-19)24-21(22-2)23-14-16-6-4-7-17(12-16)15-25-11-5-8-20(25)26/h4,6-7,12,18-19H,3,5,8-11,13-15H2,1-2H3,(H2,22,23,24). The van der Waals surface area contributed by atoms with E-state index >= 15 is 0 Å². The number of nitrogens with zero attached hydrogens (tertiary/aromatic N) is 2. The van der Waals surface area contributed by atoms with Gasteiger partial charge in [-0.2, -0.15) is 11.8 Å². The zero-order valence-electron chi connectivity index (χ0n) is 16.5. The van der Waals surface area contributed by atoms with Crippen molar-refractivity contribution in [3.63, 3.8) is 0 Å². The number of benzene rings is 1. The Labute approximate surface area is 167 Å². The third-order valence-electron chi connectivity index (χ3n) is 5.35. The van der Waals surface area contributed by atoms with Gasteiger partial charge in [0, 0.05) is 44.4 Å². The van der Waals surface area contributed by atoms with E-state index in [0.29, 0.717) is 12.5 Å². The molecular formula is C21H32N4OS. The number of hydrogen-bond donors (Lipinski definition) is 2. The Bertz CT molecular complexity index is 663. The summed E-state index contributed by atoms with van der Waals surface area (Å²) in [5.41, 5.74) is 2.41. The van der Waals surface area contributed by atoms with Crippen LogP contribution in [0.5, 0.6) is 0 Å². The van der Waals surface area contributed by atoms with Crippen molar-refractivity contribution >= 4 is 23.6 Å². The van der Waals surface area contributed by atoms with Gasteiger partial charge < -0.3 is 15.5 Å². The Hall–Kier alpha value is -1.69. The number of thioether (sulfide) groups is 1. The topological polar surface area (TPSA) is 56.7 Å². The van der Waals surface area contributed by atoms with E-state index < -0.39 is 0 Å². The monoisotopic (exact) mass is 388 g/mol. The van der Waals surface area contributed by atoms with Crippen molar-refractivity contribution in [1.82, 2.24) is 15.5 Å². The Morgan fingerprint density at radius 1 is 1.33 bits per heavy atom. The zero-order valence-corrected chi connectivity index (χ0v) is 17.4. The lowest BCUT2D eigenvalue weighted by Crippen LogP contribution is -2.42. The Morgan fingerprint density at radius 2 is 2.19 bits per heavy atom. The molecule has 2 aliphatic rings. The summed E-state index contributed by atoms with van der Waals surface area (Å²) in [4.78, 5) is 18.2. The van der Waals surface area contributed by atoms with E-state index in [4.69, 9.17) is 0 Å². The first kappa shape index (κ1) is 20.1. The fraction of sp³-hybridized carbons (Fsp3) is 0.619. The second kappa shape index (κ2) is 10.0. The highest BCUT2D eigenvalue weighted by Crippen LogP contribution is 2.29. The minimum atomic E-state index is 0.277. The molecule has 6 heteroatoms. The molecule has 5 nitrogen and oxygen atoms in total. The van der Waals surface area contributed by atoms with Crippen molar-refractivity contribution in [2.45, 2.75) is 63.4 Å². The SMILES string of the molecule is CCSC1CCC(NC(=NC)NCc2cccc(CN3CCCC3=O)c2)C1. The fourth-order valence-electron chi connectivity index (χ4n) is 3.96. The first-order chi connectivity index (χ1) is 13.2. The minimum Gasteiger partial charge on any atom is -0.354 e. The summed E-state index contributed by atoms with van der Waals surface area (Å²) < 4.78 is 0. The van der Waals surface area contributed by atoms with Gasteiger partial charge in [0.2, 0.25) is 5.91 Å². The number of aliphatic imine (C=N–C) groups is 1. The van der Waals surface area contributed by atoms with Crippen LogP contribution < -0.4 is 10.6 Å². The van der Waals surface area contributed by atoms with Crippen molar-refractivity contribution in [3.05, 3.63) is 35.4 Å². The average Bonchev–Trinajstić information content (AvgIpc) is 3.28. The maximum atomic E-state index is 11.8. The van der Waals surface area contributed by atoms with Crippen LogP contribution in [-0.2, 0) is 17.9 Å². The van der Waals surface area contributed by atoms with Gasteiger partial charge in [0.15, 0.2) is 5.96 Å². The van der Waals surface area contributed by atoms with Gasteiger partial charge in [-0.25, -0.2) is 0 Å². The molecule has 2 atom stereocenters. The van der Waals surface area contributed by atoms with Gasteiger partial charge >= 0.3 is 0 Å². The predicted octanol–water partition coefficient (Wildman–Crippen LogP) is 3.15. The molecular weight excluding hydrogens is 356 g/mol. The second-order valence-electron chi connectivity index (χ2n) is 7.40. The third kappa shape index (κ3) is 5.89. The largest absolute Gasteiger partial charge is 0.354 e. The lowest BCUT2D eigenvalue weighted by atomic mass is 10.1. The molecule has 148 valence electrons. The molecule has 0 bridgehead atoms. The minimum absolute atomic E-state index is 0.277. The number of carbonyl (C=O) groups excluding carboxylic acids is 1. The summed E-state index contributed by atoms with van der Waals surface area (Å²) in [6.07, 6.45) is 5.42. The first-order valence-corrected chi connectivity index (χ1v) is 11.2. The molecule has 2 unspecified atom stereocenters. The van der Waals surface area contributed by atoms with E-state index in [1.54, 1.807) is 0 Å². The van der Waals surface area contributed by atoms with Crippen LogP contribution in [0.2, 0.25) is 0 Å². The lowest BCUT2D eigenvalue weighted by Gasteiger charge is -2.18. The predicted molar refractivity (Wildman–Crippen MR) is 114 cm³/mol. The Kier molecular flexibility index (Phi) is 7.44. The second-order valence-corrected chi connectivity index (χ2v) is 8.97. The highest BCUT2D eigenvalue weighted by atomic mass is 32.2. The van der Waals surface area contributed by atoms with Gasteiger partial charge in [0.05, 0.1) is 0 Å². The molecule has 1 aliphatic carbocycles. The van der Waals surface area contributed by atoms with Crippen molar-refractivity contribution in [2.24, 2.45) is 4.99 Å². The van der Waals surface area contributed by atoms with Gasteiger partial charge in [0.25, 0.3) is 0 Å². The maximum Gasteiger partial charge on any atom is 0.222 e. The normalized spacial score (nSPS) is 23.1. The molecule has 2 fully saturated rings. The summed E-state index contributed by atoms with van der Waals surface area (Å²) in [5, 5.41) is 7.80. The van der Waals surface area contributed by atoms with Crippen LogP contribution in [0.4, 0.5) is 0 Å². The molecule has 1 aliphatic heterocycles. The molecule has 1 heterocycles. The van der Waals surface area contributed by atoms with Crippen LogP contribution in [0.15, 0.2) is 29.3 Å². The Balaban J connectivity index is 1.48. The summed E-state index contributed by atoms with van der Waals surface area (Å²) in [7, 11) is 1.83. The summed E-state index contributed by atoms with van der Waals surface area (Å²) in [5.74, 6) is 2.35. The van der Waals surface area contributed by atoms with E-state index in [1.165, 1.54) is 36.1 Å². The van der Waals surface area contributed by atoms with Gasteiger partial charge in [-0.1, -0.05) is 31.2 Å². The fourth-order valence-corrected chi connectivity index (χ4v) is 5.10. The van der Waals surface area contributed by atoms with E-state index in [9.17, 15) is 4.79 Å². The molecule has 2 N–H and O–H groups in total. The van der Waals surface area contributed by atoms with Crippen LogP contribution in [0.25, 0.3) is 0 Å². The van der Waals surface area contributed by atoms with Gasteiger partial charge in [-0.05, 0) is 42.6 Å². The van der Waals surface area contributed by atoms with Gasteiger partial charge in [-0.3, -0.25) is 9.79 Å². The number of guanidine groups is 1. The molecule has 1 saturated heterocycles. The number of rotatable bonds is 7. The van der Waals surface area contributed by atoms with Gasteiger partial charge in [0.1, 0.15) is 0 Å². The number of nitrogens with one attached hydrogen (secondary N) is 2. The van der Waals surface area contributed by atoms with Crippen LogP contribution in [-0.4, -0.2) is 47.4 Å². The van der Waals surface area contributed by atoms with E-state index in [2.05, 4.69) is 58.6 Å². The molecule has 0 radical (unpaired) electrons. The summed E-state index contributed by atoms with van der Waals surface area (Å²) in [6, 6.07) is 9.01. The average molecular weight is 389 g/mol. The van der Waals surface area contributed by atoms with Crippen molar-refractivity contribution in [2.75, 3.05) is 19.3 Å².